The summed E-state index contributed by atoms with van der Waals surface area (Å²) in [4.78, 5) is 0. The van der Waals surface area contributed by atoms with Crippen LogP contribution in [0.1, 0.15) is 85.9 Å². The van der Waals surface area contributed by atoms with Gasteiger partial charge < -0.3 is 14.6 Å². The SMILES string of the molecule is CCCCC(CC)(Pc1ccccc1C(C)O)c1cc(Cc2ccccc2)cc(Cc2ccccc2)c1OCOC. The van der Waals surface area contributed by atoms with Crippen LogP contribution in [0.15, 0.2) is 97.1 Å². The number of hydrogen-bond donors (Lipinski definition) is 1. The zero-order valence-electron chi connectivity index (χ0n) is 25.0. The number of methoxy groups -OCH3 is 1. The van der Waals surface area contributed by atoms with Crippen molar-refractivity contribution in [1.29, 1.82) is 0 Å². The number of aliphatic hydroxyl groups is 1. The molecule has 3 unspecified atom stereocenters. The zero-order valence-corrected chi connectivity index (χ0v) is 26.0. The Balaban J connectivity index is 1.94. The second-order valence-corrected chi connectivity index (χ2v) is 12.7. The molecule has 3 nitrogen and oxygen atoms in total. The largest absolute Gasteiger partial charge is 0.467 e. The standard InChI is InChI=1S/C37H45O3P/c1-5-7-22-37(6-2,41-35-21-15-14-20-33(35)28(3)38)34-26-31(23-29-16-10-8-11-17-29)25-32(36(34)40-27-39-4)24-30-18-12-9-13-19-30/h8-21,25-26,28,38,41H,5-7,22-24,27H2,1-4H3. The van der Waals surface area contributed by atoms with Gasteiger partial charge in [0.1, 0.15) is 5.75 Å². The van der Waals surface area contributed by atoms with Crippen LogP contribution in [0.25, 0.3) is 0 Å². The van der Waals surface area contributed by atoms with Crippen LogP contribution < -0.4 is 10.0 Å². The van der Waals surface area contributed by atoms with E-state index in [0.29, 0.717) is 8.58 Å². The molecular formula is C37H45O3P. The Morgan fingerprint density at radius 2 is 1.44 bits per heavy atom. The molecule has 0 aliphatic heterocycles. The molecular weight excluding hydrogens is 523 g/mol. The highest BCUT2D eigenvalue weighted by Gasteiger charge is 2.35. The molecule has 0 fully saturated rings. The smallest absolute Gasteiger partial charge is 0.188 e. The van der Waals surface area contributed by atoms with Crippen molar-refractivity contribution in [2.75, 3.05) is 13.9 Å². The minimum atomic E-state index is -0.512. The molecule has 0 spiro atoms. The number of aliphatic hydroxyl groups excluding tert-OH is 1. The van der Waals surface area contributed by atoms with Crippen molar-refractivity contribution < 1.29 is 14.6 Å². The van der Waals surface area contributed by atoms with Gasteiger partial charge in [0.05, 0.1) is 6.10 Å². The van der Waals surface area contributed by atoms with Gasteiger partial charge in [0.2, 0.25) is 0 Å². The number of ether oxygens (including phenoxy) is 2. The lowest BCUT2D eigenvalue weighted by atomic mass is 9.85. The highest BCUT2D eigenvalue weighted by Crippen LogP contribution is 2.53. The topological polar surface area (TPSA) is 38.7 Å². The van der Waals surface area contributed by atoms with Crippen LogP contribution >= 0.6 is 8.58 Å². The van der Waals surface area contributed by atoms with E-state index < -0.39 is 6.10 Å². The summed E-state index contributed by atoms with van der Waals surface area (Å²) in [7, 11) is 2.18. The van der Waals surface area contributed by atoms with Crippen molar-refractivity contribution in [3.05, 3.63) is 130 Å². The normalized spacial score (nSPS) is 13.8. The van der Waals surface area contributed by atoms with Gasteiger partial charge in [-0.1, -0.05) is 132 Å². The summed E-state index contributed by atoms with van der Waals surface area (Å²) in [6.07, 6.45) is 5.41. The van der Waals surface area contributed by atoms with Crippen LogP contribution in [-0.4, -0.2) is 19.0 Å². The molecule has 4 rings (SSSR count). The second kappa shape index (κ2) is 15.3. The molecule has 4 heteroatoms. The van der Waals surface area contributed by atoms with Crippen LogP contribution in [0.4, 0.5) is 0 Å². The first-order valence-electron chi connectivity index (χ1n) is 14.9. The Kier molecular flexibility index (Phi) is 11.6. The summed E-state index contributed by atoms with van der Waals surface area (Å²) in [6, 6.07) is 34.5. The fourth-order valence-electron chi connectivity index (χ4n) is 5.71. The molecule has 3 atom stereocenters. The molecule has 0 saturated heterocycles. The predicted octanol–water partition coefficient (Wildman–Crippen LogP) is 8.70. The average molecular weight is 569 g/mol. The Hall–Kier alpha value is -2.97. The third-order valence-electron chi connectivity index (χ3n) is 7.90. The third-order valence-corrected chi connectivity index (χ3v) is 9.97. The lowest BCUT2D eigenvalue weighted by Gasteiger charge is -2.37. The van der Waals surface area contributed by atoms with Crippen LogP contribution in [0.3, 0.4) is 0 Å². The third kappa shape index (κ3) is 8.07. The maximum atomic E-state index is 10.7. The molecule has 1 N–H and O–H groups in total. The Labute approximate surface area is 248 Å². The number of unbranched alkanes of at least 4 members (excludes halogenated alkanes) is 1. The van der Waals surface area contributed by atoms with Crippen molar-refractivity contribution in [1.82, 2.24) is 0 Å². The van der Waals surface area contributed by atoms with Crippen molar-refractivity contribution >= 4 is 13.9 Å². The molecule has 0 heterocycles. The average Bonchev–Trinajstić information content (AvgIpc) is 3.00. The highest BCUT2D eigenvalue weighted by atomic mass is 31.1. The van der Waals surface area contributed by atoms with E-state index in [4.69, 9.17) is 9.47 Å². The second-order valence-electron chi connectivity index (χ2n) is 10.9. The molecule has 0 amide bonds. The van der Waals surface area contributed by atoms with Gasteiger partial charge in [-0.05, 0) is 59.3 Å². The maximum Gasteiger partial charge on any atom is 0.188 e. The number of rotatable bonds is 15. The lowest BCUT2D eigenvalue weighted by Crippen LogP contribution is -2.26. The molecule has 0 aromatic heterocycles. The summed E-state index contributed by atoms with van der Waals surface area (Å²) in [5.74, 6) is 0.951. The maximum absolute atomic E-state index is 10.7. The molecule has 216 valence electrons. The monoisotopic (exact) mass is 568 g/mol. The van der Waals surface area contributed by atoms with Crippen molar-refractivity contribution in [2.24, 2.45) is 0 Å². The first-order chi connectivity index (χ1) is 20.0. The molecule has 0 radical (unpaired) electrons. The van der Waals surface area contributed by atoms with Gasteiger partial charge in [0.25, 0.3) is 0 Å². The van der Waals surface area contributed by atoms with E-state index in [-0.39, 0.29) is 11.9 Å². The minimum Gasteiger partial charge on any atom is -0.467 e. The predicted molar refractivity (Wildman–Crippen MR) is 174 cm³/mol. The van der Waals surface area contributed by atoms with E-state index in [1.54, 1.807) is 7.11 Å². The summed E-state index contributed by atoms with van der Waals surface area (Å²) in [5, 5.41) is 11.8. The fraction of sp³-hybridized carbons (Fsp3) is 0.351. The Bertz CT molecular complexity index is 1350. The van der Waals surface area contributed by atoms with Gasteiger partial charge in [-0.2, -0.15) is 0 Å². The van der Waals surface area contributed by atoms with Crippen LogP contribution in [0.5, 0.6) is 5.75 Å². The molecule has 0 bridgehead atoms. The lowest BCUT2D eigenvalue weighted by molar-refractivity contribution is 0.0492. The van der Waals surface area contributed by atoms with E-state index in [1.165, 1.54) is 33.1 Å². The van der Waals surface area contributed by atoms with Gasteiger partial charge in [0.15, 0.2) is 6.79 Å². The van der Waals surface area contributed by atoms with Gasteiger partial charge in [0, 0.05) is 24.3 Å². The Morgan fingerprint density at radius 1 is 0.805 bits per heavy atom. The highest BCUT2D eigenvalue weighted by molar-refractivity contribution is 7.48. The summed E-state index contributed by atoms with van der Waals surface area (Å²) < 4.78 is 12.0. The summed E-state index contributed by atoms with van der Waals surface area (Å²) >= 11 is 0. The zero-order chi connectivity index (χ0) is 29.1. The first-order valence-corrected chi connectivity index (χ1v) is 15.9. The van der Waals surface area contributed by atoms with E-state index in [0.717, 1.165) is 49.8 Å². The molecule has 0 saturated carbocycles. The Morgan fingerprint density at radius 3 is 2.05 bits per heavy atom. The summed E-state index contributed by atoms with van der Waals surface area (Å²) in [6.45, 7) is 6.65. The van der Waals surface area contributed by atoms with Crippen molar-refractivity contribution in [2.45, 2.75) is 70.6 Å². The van der Waals surface area contributed by atoms with Gasteiger partial charge in [-0.25, -0.2) is 0 Å². The first kappa shape index (κ1) is 31.0. The van der Waals surface area contributed by atoms with E-state index in [2.05, 4.69) is 105 Å². The molecule has 4 aromatic carbocycles. The van der Waals surface area contributed by atoms with Crippen LogP contribution in [-0.2, 0) is 22.7 Å². The quantitative estimate of drug-likeness (QED) is 0.115. The molecule has 0 aliphatic carbocycles. The van der Waals surface area contributed by atoms with E-state index in [9.17, 15) is 5.11 Å². The molecule has 41 heavy (non-hydrogen) atoms. The van der Waals surface area contributed by atoms with Gasteiger partial charge >= 0.3 is 0 Å². The molecule has 4 aromatic rings. The van der Waals surface area contributed by atoms with Crippen LogP contribution in [0, 0.1) is 0 Å². The van der Waals surface area contributed by atoms with Gasteiger partial charge in [-0.3, -0.25) is 0 Å². The van der Waals surface area contributed by atoms with E-state index >= 15 is 0 Å². The molecule has 0 aliphatic rings. The van der Waals surface area contributed by atoms with E-state index in [1.807, 2.05) is 13.0 Å². The van der Waals surface area contributed by atoms with Crippen molar-refractivity contribution in [3.8, 4) is 5.75 Å². The van der Waals surface area contributed by atoms with Crippen LogP contribution in [0.2, 0.25) is 0 Å². The summed E-state index contributed by atoms with van der Waals surface area (Å²) in [5.41, 5.74) is 7.33. The number of hydrogen-bond acceptors (Lipinski definition) is 3. The minimum absolute atomic E-state index is 0.137. The van der Waals surface area contributed by atoms with Gasteiger partial charge in [-0.15, -0.1) is 0 Å². The number of benzene rings is 4. The van der Waals surface area contributed by atoms with Crippen molar-refractivity contribution in [3.63, 3.8) is 0 Å². The fourth-order valence-corrected chi connectivity index (χ4v) is 7.64.